The van der Waals surface area contributed by atoms with E-state index in [-0.39, 0.29) is 11.9 Å². The fraction of sp³-hybridized carbons (Fsp3) is 0.357. The minimum atomic E-state index is 0.000427. The molecule has 1 aromatic carbocycles. The number of likely N-dealkylation sites (N-methyl/N-ethyl adjacent to an activating group) is 1. The maximum atomic E-state index is 11.3. The monoisotopic (exact) mass is 246 g/mol. The van der Waals surface area contributed by atoms with E-state index < -0.39 is 0 Å². The van der Waals surface area contributed by atoms with E-state index in [1.165, 1.54) is 0 Å². The van der Waals surface area contributed by atoms with Gasteiger partial charge in [-0.1, -0.05) is 18.2 Å². The van der Waals surface area contributed by atoms with E-state index in [1.54, 1.807) is 0 Å². The van der Waals surface area contributed by atoms with Gasteiger partial charge in [0.1, 0.15) is 11.3 Å². The van der Waals surface area contributed by atoms with Crippen LogP contribution in [0.3, 0.4) is 0 Å². The van der Waals surface area contributed by atoms with E-state index in [4.69, 9.17) is 4.42 Å². The van der Waals surface area contributed by atoms with E-state index in [2.05, 4.69) is 10.6 Å². The van der Waals surface area contributed by atoms with Gasteiger partial charge < -0.3 is 9.73 Å². The van der Waals surface area contributed by atoms with Crippen molar-refractivity contribution in [1.82, 2.24) is 10.6 Å². The maximum absolute atomic E-state index is 11.3. The first-order chi connectivity index (χ1) is 8.70. The molecule has 4 heteroatoms. The van der Waals surface area contributed by atoms with Gasteiger partial charge in [0, 0.05) is 11.9 Å². The molecule has 2 aromatic rings. The molecule has 2 rings (SSSR count). The number of hydrogen-bond donors (Lipinski definition) is 2. The Hall–Kier alpha value is -1.81. The van der Waals surface area contributed by atoms with Crippen molar-refractivity contribution in [2.45, 2.75) is 19.9 Å². The summed E-state index contributed by atoms with van der Waals surface area (Å²) in [5.74, 6) is 0.848. The number of nitrogens with one attached hydrogen (secondary N) is 2. The molecule has 96 valence electrons. The Morgan fingerprint density at radius 2 is 2.17 bits per heavy atom. The van der Waals surface area contributed by atoms with Gasteiger partial charge in [-0.15, -0.1) is 0 Å². The predicted molar refractivity (Wildman–Crippen MR) is 71.3 cm³/mol. The number of hydrogen-bond acceptors (Lipinski definition) is 3. The van der Waals surface area contributed by atoms with Crippen LogP contribution in [0.4, 0.5) is 0 Å². The smallest absolute Gasteiger partial charge is 0.233 e. The molecule has 2 N–H and O–H groups in total. The topological polar surface area (TPSA) is 54.3 Å². The summed E-state index contributed by atoms with van der Waals surface area (Å²) in [7, 11) is 0. The van der Waals surface area contributed by atoms with Crippen molar-refractivity contribution in [2.24, 2.45) is 0 Å². The zero-order valence-electron chi connectivity index (χ0n) is 10.7. The molecule has 1 heterocycles. The third-order valence-corrected chi connectivity index (χ3v) is 2.81. The molecule has 0 bridgehead atoms. The van der Waals surface area contributed by atoms with Gasteiger partial charge in [-0.25, -0.2) is 0 Å². The first-order valence-electron chi connectivity index (χ1n) is 6.19. The highest BCUT2D eigenvalue weighted by atomic mass is 16.3. The maximum Gasteiger partial charge on any atom is 0.233 e. The van der Waals surface area contributed by atoms with E-state index in [0.29, 0.717) is 13.1 Å². The van der Waals surface area contributed by atoms with Gasteiger partial charge in [-0.05, 0) is 26.0 Å². The summed E-state index contributed by atoms with van der Waals surface area (Å²) in [5.41, 5.74) is 0.874. The molecule has 1 aromatic heterocycles. The molecule has 0 aliphatic carbocycles. The third-order valence-electron chi connectivity index (χ3n) is 2.81. The van der Waals surface area contributed by atoms with E-state index >= 15 is 0 Å². The summed E-state index contributed by atoms with van der Waals surface area (Å²) in [5, 5.41) is 6.97. The van der Waals surface area contributed by atoms with Gasteiger partial charge in [0.05, 0.1) is 12.6 Å². The number of rotatable bonds is 5. The number of furan rings is 1. The molecule has 0 spiro atoms. The second kappa shape index (κ2) is 5.69. The van der Waals surface area contributed by atoms with Crippen LogP contribution in [-0.4, -0.2) is 19.0 Å². The van der Waals surface area contributed by atoms with Crippen molar-refractivity contribution in [3.05, 3.63) is 36.1 Å². The lowest BCUT2D eigenvalue weighted by atomic mass is 10.2. The van der Waals surface area contributed by atoms with Gasteiger partial charge in [-0.3, -0.25) is 10.1 Å². The van der Waals surface area contributed by atoms with Crippen molar-refractivity contribution in [2.75, 3.05) is 13.1 Å². The van der Waals surface area contributed by atoms with E-state index in [1.807, 2.05) is 44.2 Å². The lowest BCUT2D eigenvalue weighted by Gasteiger charge is -2.10. The van der Waals surface area contributed by atoms with Crippen LogP contribution in [0.1, 0.15) is 25.6 Å². The number of benzene rings is 1. The Balaban J connectivity index is 2.00. The highest BCUT2D eigenvalue weighted by Gasteiger charge is 2.11. The second-order valence-corrected chi connectivity index (χ2v) is 4.24. The predicted octanol–water partition coefficient (Wildman–Crippen LogP) is 2.22. The van der Waals surface area contributed by atoms with Crippen molar-refractivity contribution >= 4 is 16.9 Å². The van der Waals surface area contributed by atoms with Crippen molar-refractivity contribution in [1.29, 1.82) is 0 Å². The highest BCUT2D eigenvalue weighted by Crippen LogP contribution is 2.23. The molecule has 4 nitrogen and oxygen atoms in total. The second-order valence-electron chi connectivity index (χ2n) is 4.24. The van der Waals surface area contributed by atoms with Crippen LogP contribution in [-0.2, 0) is 4.79 Å². The summed E-state index contributed by atoms with van der Waals surface area (Å²) in [6.45, 7) is 4.84. The fourth-order valence-electron chi connectivity index (χ4n) is 1.82. The number of carbonyl (C=O) groups excluding carboxylic acids is 1. The van der Waals surface area contributed by atoms with Crippen LogP contribution >= 0.6 is 0 Å². The van der Waals surface area contributed by atoms with Crippen LogP contribution in [0.15, 0.2) is 34.7 Å². The van der Waals surface area contributed by atoms with Gasteiger partial charge in [-0.2, -0.15) is 0 Å². The number of para-hydroxylation sites is 1. The van der Waals surface area contributed by atoms with Gasteiger partial charge in [0.25, 0.3) is 0 Å². The lowest BCUT2D eigenvalue weighted by Crippen LogP contribution is -2.34. The first-order valence-corrected chi connectivity index (χ1v) is 6.19. The molecule has 1 atom stereocenters. The standard InChI is InChI=1S/C14H18N2O2/c1-3-15-14(17)9-16-10(2)13-8-11-6-4-5-7-12(11)18-13/h4-8,10,16H,3,9H2,1-2H3,(H,15,17). The Morgan fingerprint density at radius 3 is 2.89 bits per heavy atom. The lowest BCUT2D eigenvalue weighted by molar-refractivity contribution is -0.120. The molecule has 0 aliphatic heterocycles. The summed E-state index contributed by atoms with van der Waals surface area (Å²) >= 11 is 0. The van der Waals surface area contributed by atoms with Gasteiger partial charge in [0.2, 0.25) is 5.91 Å². The fourth-order valence-corrected chi connectivity index (χ4v) is 1.82. The van der Waals surface area contributed by atoms with Crippen LogP contribution in [0.5, 0.6) is 0 Å². The van der Waals surface area contributed by atoms with Crippen LogP contribution in [0, 0.1) is 0 Å². The molecule has 0 aliphatic rings. The molecule has 0 saturated heterocycles. The Morgan fingerprint density at radius 1 is 1.39 bits per heavy atom. The SMILES string of the molecule is CCNC(=O)CNC(C)c1cc2ccccc2o1. The number of carbonyl (C=O) groups is 1. The first kappa shape index (κ1) is 12.6. The molecule has 0 saturated carbocycles. The average molecular weight is 246 g/mol. The van der Waals surface area contributed by atoms with Crippen LogP contribution < -0.4 is 10.6 Å². The van der Waals surface area contributed by atoms with Gasteiger partial charge in [0.15, 0.2) is 0 Å². The third kappa shape index (κ3) is 2.90. The van der Waals surface area contributed by atoms with Gasteiger partial charge >= 0.3 is 0 Å². The zero-order chi connectivity index (χ0) is 13.0. The molecule has 1 amide bonds. The molecule has 0 radical (unpaired) electrons. The molecule has 1 unspecified atom stereocenters. The van der Waals surface area contributed by atoms with Crippen molar-refractivity contribution in [3.8, 4) is 0 Å². The van der Waals surface area contributed by atoms with E-state index in [0.717, 1.165) is 16.7 Å². The van der Waals surface area contributed by atoms with Crippen molar-refractivity contribution in [3.63, 3.8) is 0 Å². The Bertz CT molecular complexity index is 500. The number of amides is 1. The van der Waals surface area contributed by atoms with E-state index in [9.17, 15) is 4.79 Å². The minimum Gasteiger partial charge on any atom is -0.459 e. The highest BCUT2D eigenvalue weighted by molar-refractivity contribution is 5.78. The molecular formula is C14H18N2O2. The average Bonchev–Trinajstić information content (AvgIpc) is 2.80. The summed E-state index contributed by atoms with van der Waals surface area (Å²) in [4.78, 5) is 11.3. The van der Waals surface area contributed by atoms with Crippen molar-refractivity contribution < 1.29 is 9.21 Å². The molecule has 0 fully saturated rings. The summed E-state index contributed by atoms with van der Waals surface area (Å²) in [6.07, 6.45) is 0. The van der Waals surface area contributed by atoms with Crippen LogP contribution in [0.2, 0.25) is 0 Å². The summed E-state index contributed by atoms with van der Waals surface area (Å²) in [6, 6.07) is 9.90. The Kier molecular flexibility index (Phi) is 3.99. The molecule has 18 heavy (non-hydrogen) atoms. The normalized spacial score (nSPS) is 12.6. The summed E-state index contributed by atoms with van der Waals surface area (Å²) < 4.78 is 5.73. The quantitative estimate of drug-likeness (QED) is 0.850. The minimum absolute atomic E-state index is 0.000427. The zero-order valence-corrected chi connectivity index (χ0v) is 10.7. The largest absolute Gasteiger partial charge is 0.459 e. The number of fused-ring (bicyclic) bond motifs is 1. The Labute approximate surface area is 106 Å². The molecular weight excluding hydrogens is 228 g/mol. The van der Waals surface area contributed by atoms with Crippen LogP contribution in [0.25, 0.3) is 11.0 Å².